The summed E-state index contributed by atoms with van der Waals surface area (Å²) < 4.78 is 6.84. The zero-order valence-corrected chi connectivity index (χ0v) is 15.5. The minimum Gasteiger partial charge on any atom is -0.383 e. The van der Waals surface area contributed by atoms with E-state index in [1.54, 1.807) is 19.4 Å². The molecule has 0 bridgehead atoms. The van der Waals surface area contributed by atoms with Crippen molar-refractivity contribution in [2.24, 2.45) is 0 Å². The molecule has 2 heterocycles. The molecule has 0 aliphatic carbocycles. The molecule has 1 amide bonds. The van der Waals surface area contributed by atoms with Crippen LogP contribution in [0, 0.1) is 0 Å². The first-order valence-electron chi connectivity index (χ1n) is 7.19. The molecule has 0 radical (unpaired) electrons. The second-order valence-corrected chi connectivity index (χ2v) is 6.90. The number of ether oxygens (including phenoxy) is 1. The molecule has 6 nitrogen and oxygen atoms in total. The summed E-state index contributed by atoms with van der Waals surface area (Å²) in [6, 6.07) is 3.11. The van der Waals surface area contributed by atoms with Crippen molar-refractivity contribution in [3.63, 3.8) is 0 Å². The van der Waals surface area contributed by atoms with Crippen molar-refractivity contribution < 1.29 is 9.53 Å². The summed E-state index contributed by atoms with van der Waals surface area (Å²) in [6.07, 6.45) is 1.60. The number of pyridine rings is 1. The predicted octanol–water partition coefficient (Wildman–Crippen LogP) is 3.55. The lowest BCUT2D eigenvalue weighted by Crippen LogP contribution is -2.25. The fourth-order valence-electron chi connectivity index (χ4n) is 2.00. The molecule has 0 aromatic carbocycles. The van der Waals surface area contributed by atoms with E-state index in [-0.39, 0.29) is 11.5 Å². The summed E-state index contributed by atoms with van der Waals surface area (Å²) in [7, 11) is 1.58. The minimum absolute atomic E-state index is 0.159. The van der Waals surface area contributed by atoms with Crippen molar-refractivity contribution in [3.8, 4) is 0 Å². The van der Waals surface area contributed by atoms with E-state index in [9.17, 15) is 9.59 Å². The molecule has 2 aromatic rings. The summed E-state index contributed by atoms with van der Waals surface area (Å²) in [5, 5.41) is 6.10. The zero-order valence-electron chi connectivity index (χ0n) is 13.2. The van der Waals surface area contributed by atoms with E-state index in [0.29, 0.717) is 45.3 Å². The Balaban J connectivity index is 2.24. The Labute approximate surface area is 153 Å². The van der Waals surface area contributed by atoms with Crippen LogP contribution in [0.25, 0.3) is 0 Å². The molecule has 2 N–H and O–H groups in total. The van der Waals surface area contributed by atoms with E-state index in [4.69, 9.17) is 27.9 Å². The first-order chi connectivity index (χ1) is 11.5. The normalized spacial score (nSPS) is 10.7. The molecule has 0 saturated carbocycles. The number of rotatable bonds is 7. The average Bonchev–Trinajstić information content (AvgIpc) is 2.89. The lowest BCUT2D eigenvalue weighted by atomic mass is 10.3. The number of methoxy groups -OCH3 is 1. The Morgan fingerprint density at radius 3 is 2.71 bits per heavy atom. The molecule has 0 spiro atoms. The number of nitrogens with one attached hydrogen (secondary N) is 2. The number of hydrogen-bond donors (Lipinski definition) is 2. The van der Waals surface area contributed by atoms with E-state index < -0.39 is 0 Å². The molecule has 130 valence electrons. The quantitative estimate of drug-likeness (QED) is 0.710. The molecule has 2 aromatic heterocycles. The highest BCUT2D eigenvalue weighted by molar-refractivity contribution is 7.18. The smallest absolute Gasteiger partial charge is 0.274 e. The third-order valence-corrected chi connectivity index (χ3v) is 5.04. The second-order valence-electron chi connectivity index (χ2n) is 4.84. The summed E-state index contributed by atoms with van der Waals surface area (Å²) in [5.41, 5.74) is 0.741. The Bertz CT molecular complexity index is 769. The second kappa shape index (κ2) is 8.53. The number of amides is 1. The van der Waals surface area contributed by atoms with Crippen molar-refractivity contribution in [3.05, 3.63) is 42.9 Å². The van der Waals surface area contributed by atoms with Gasteiger partial charge in [0, 0.05) is 26.4 Å². The standard InChI is InChI=1S/C15H17Cl2N3O3S/c1-3-20-8-9(6-11(15(20)22)18-4-5-23-2)19-14(21)12-7-10(16)13(17)24-12/h6-8,18H,3-5H2,1-2H3,(H,19,21). The van der Waals surface area contributed by atoms with Crippen molar-refractivity contribution in [1.29, 1.82) is 0 Å². The van der Waals surface area contributed by atoms with Crippen molar-refractivity contribution in [2.75, 3.05) is 30.9 Å². The van der Waals surface area contributed by atoms with Crippen molar-refractivity contribution in [2.45, 2.75) is 13.5 Å². The minimum atomic E-state index is -0.335. The molecule has 9 heteroatoms. The van der Waals surface area contributed by atoms with Gasteiger partial charge < -0.3 is 19.9 Å². The van der Waals surface area contributed by atoms with Crippen LogP contribution in [-0.2, 0) is 11.3 Å². The number of aromatic nitrogens is 1. The number of carbonyl (C=O) groups excluding carboxylic acids is 1. The van der Waals surface area contributed by atoms with E-state index >= 15 is 0 Å². The number of thiophene rings is 1. The molecular weight excluding hydrogens is 373 g/mol. The number of nitrogens with zero attached hydrogens (tertiary/aromatic N) is 1. The molecule has 0 unspecified atom stereocenters. The van der Waals surface area contributed by atoms with Gasteiger partial charge in [0.1, 0.15) is 10.0 Å². The summed E-state index contributed by atoms with van der Waals surface area (Å²) in [6.45, 7) is 3.29. The van der Waals surface area contributed by atoms with Gasteiger partial charge in [-0.05, 0) is 19.1 Å². The highest BCUT2D eigenvalue weighted by Gasteiger charge is 2.14. The lowest BCUT2D eigenvalue weighted by molar-refractivity contribution is 0.103. The Morgan fingerprint density at radius 2 is 2.12 bits per heavy atom. The maximum Gasteiger partial charge on any atom is 0.274 e. The lowest BCUT2D eigenvalue weighted by Gasteiger charge is -2.12. The molecule has 0 aliphatic heterocycles. The van der Waals surface area contributed by atoms with Crippen LogP contribution in [-0.4, -0.2) is 30.7 Å². The molecule has 0 atom stereocenters. The fraction of sp³-hybridized carbons (Fsp3) is 0.333. The van der Waals surface area contributed by atoms with Gasteiger partial charge in [-0.2, -0.15) is 0 Å². The van der Waals surface area contributed by atoms with Gasteiger partial charge in [-0.25, -0.2) is 0 Å². The van der Waals surface area contributed by atoms with Gasteiger partial charge in [0.05, 0.1) is 22.2 Å². The van der Waals surface area contributed by atoms with Gasteiger partial charge >= 0.3 is 0 Å². The monoisotopic (exact) mass is 389 g/mol. The molecule has 0 aliphatic rings. The first kappa shape index (κ1) is 18.8. The SMILES string of the molecule is CCn1cc(NC(=O)c2cc(Cl)c(Cl)s2)cc(NCCOC)c1=O. The number of aryl methyl sites for hydroxylation is 1. The topological polar surface area (TPSA) is 72.4 Å². The summed E-state index contributed by atoms with van der Waals surface area (Å²) >= 11 is 12.8. The van der Waals surface area contributed by atoms with Gasteiger partial charge in [-0.3, -0.25) is 9.59 Å². The number of halogens is 2. The van der Waals surface area contributed by atoms with E-state index in [2.05, 4.69) is 10.6 Å². The number of anilines is 2. The van der Waals surface area contributed by atoms with Crippen LogP contribution >= 0.6 is 34.5 Å². The van der Waals surface area contributed by atoms with Crippen LogP contribution in [0.1, 0.15) is 16.6 Å². The van der Waals surface area contributed by atoms with E-state index in [1.165, 1.54) is 10.6 Å². The van der Waals surface area contributed by atoms with Crippen LogP contribution < -0.4 is 16.2 Å². The zero-order chi connectivity index (χ0) is 17.7. The largest absolute Gasteiger partial charge is 0.383 e. The Morgan fingerprint density at radius 1 is 1.38 bits per heavy atom. The van der Waals surface area contributed by atoms with Gasteiger partial charge in [-0.1, -0.05) is 23.2 Å². The van der Waals surface area contributed by atoms with Crippen LogP contribution in [0.4, 0.5) is 11.4 Å². The maximum absolute atomic E-state index is 12.3. The number of hydrogen-bond acceptors (Lipinski definition) is 5. The van der Waals surface area contributed by atoms with Crippen LogP contribution in [0.5, 0.6) is 0 Å². The van der Waals surface area contributed by atoms with Gasteiger partial charge in [-0.15, -0.1) is 11.3 Å². The third kappa shape index (κ3) is 4.51. The van der Waals surface area contributed by atoms with E-state index in [0.717, 1.165) is 11.3 Å². The van der Waals surface area contributed by atoms with Gasteiger partial charge in [0.2, 0.25) is 0 Å². The highest BCUT2D eigenvalue weighted by atomic mass is 35.5. The van der Waals surface area contributed by atoms with Crippen LogP contribution in [0.3, 0.4) is 0 Å². The summed E-state index contributed by atoms with van der Waals surface area (Å²) in [4.78, 5) is 25.0. The molecule has 2 rings (SSSR count). The fourth-order valence-corrected chi connectivity index (χ4v) is 3.27. The molecule has 0 fully saturated rings. The van der Waals surface area contributed by atoms with Gasteiger partial charge in [0.15, 0.2) is 0 Å². The molecule has 24 heavy (non-hydrogen) atoms. The highest BCUT2D eigenvalue weighted by Crippen LogP contribution is 2.32. The maximum atomic E-state index is 12.3. The van der Waals surface area contributed by atoms with Crippen LogP contribution in [0.2, 0.25) is 9.36 Å². The Hall–Kier alpha value is -1.54. The molecule has 0 saturated heterocycles. The number of carbonyl (C=O) groups is 1. The predicted molar refractivity (Wildman–Crippen MR) is 99.0 cm³/mol. The van der Waals surface area contributed by atoms with Crippen molar-refractivity contribution in [1.82, 2.24) is 4.57 Å². The average molecular weight is 390 g/mol. The Kier molecular flexibility index (Phi) is 6.68. The van der Waals surface area contributed by atoms with E-state index in [1.807, 2.05) is 6.92 Å². The van der Waals surface area contributed by atoms with Crippen LogP contribution in [0.15, 0.2) is 23.1 Å². The molecular formula is C15H17Cl2N3O3S. The third-order valence-electron chi connectivity index (χ3n) is 3.18. The van der Waals surface area contributed by atoms with Crippen molar-refractivity contribution >= 4 is 51.8 Å². The van der Waals surface area contributed by atoms with Gasteiger partial charge in [0.25, 0.3) is 11.5 Å². The summed E-state index contributed by atoms with van der Waals surface area (Å²) in [5.74, 6) is -0.335. The first-order valence-corrected chi connectivity index (χ1v) is 8.77.